The summed E-state index contributed by atoms with van der Waals surface area (Å²) in [5.74, 6) is -1.73. The van der Waals surface area contributed by atoms with Gasteiger partial charge < -0.3 is 10.1 Å². The Kier molecular flexibility index (Phi) is 7.55. The Labute approximate surface area is 169 Å². The second kappa shape index (κ2) is 9.69. The fourth-order valence-electron chi connectivity index (χ4n) is 2.80. The van der Waals surface area contributed by atoms with Crippen LogP contribution in [0.1, 0.15) is 31.4 Å². The Morgan fingerprint density at radius 3 is 2.34 bits per heavy atom. The van der Waals surface area contributed by atoms with E-state index < -0.39 is 21.7 Å². The van der Waals surface area contributed by atoms with Crippen LogP contribution in [0, 0.1) is 11.6 Å². The van der Waals surface area contributed by atoms with Gasteiger partial charge in [-0.3, -0.25) is 9.10 Å². The molecule has 0 fully saturated rings. The monoisotopic (exact) mass is 426 g/mol. The van der Waals surface area contributed by atoms with Crippen molar-refractivity contribution in [3.63, 3.8) is 0 Å². The third-order valence-corrected chi connectivity index (χ3v) is 5.54. The zero-order chi connectivity index (χ0) is 21.6. The van der Waals surface area contributed by atoms with Crippen LogP contribution in [0.25, 0.3) is 0 Å². The van der Waals surface area contributed by atoms with Gasteiger partial charge in [0, 0.05) is 19.0 Å². The molecule has 1 amide bonds. The summed E-state index contributed by atoms with van der Waals surface area (Å²) in [4.78, 5) is 12.2. The van der Waals surface area contributed by atoms with Crippen LogP contribution in [0.2, 0.25) is 0 Å². The fourth-order valence-corrected chi connectivity index (χ4v) is 3.76. The molecule has 2 aromatic carbocycles. The maximum Gasteiger partial charge on any atom is 0.232 e. The van der Waals surface area contributed by atoms with Gasteiger partial charge in [-0.25, -0.2) is 17.2 Å². The van der Waals surface area contributed by atoms with Gasteiger partial charge in [0.05, 0.1) is 25.1 Å². The van der Waals surface area contributed by atoms with Crippen LogP contribution in [-0.2, 0) is 14.8 Å². The lowest BCUT2D eigenvalue weighted by Gasteiger charge is -2.22. The maximum absolute atomic E-state index is 13.5. The second-order valence-electron chi connectivity index (χ2n) is 6.60. The van der Waals surface area contributed by atoms with Gasteiger partial charge in [-0.2, -0.15) is 0 Å². The van der Waals surface area contributed by atoms with Crippen molar-refractivity contribution < 1.29 is 26.7 Å². The standard InChI is InChI=1S/C20H24F2N2O4S/c1-14(15-6-9-17(28-2)10-7-15)23-20(25)5-4-12-24(29(3,26)27)16-8-11-18(21)19(22)13-16/h6-11,13-14H,4-5,12H2,1-3H3,(H,23,25)/t14-/m0/s1. The number of hydrogen-bond donors (Lipinski definition) is 1. The Hall–Kier alpha value is -2.68. The van der Waals surface area contributed by atoms with Crippen molar-refractivity contribution in [2.45, 2.75) is 25.8 Å². The lowest BCUT2D eigenvalue weighted by Crippen LogP contribution is -2.32. The van der Waals surface area contributed by atoms with Crippen LogP contribution in [0.5, 0.6) is 5.75 Å². The zero-order valence-corrected chi connectivity index (χ0v) is 17.3. The number of nitrogens with zero attached hydrogens (tertiary/aromatic N) is 1. The number of halogens is 2. The van der Waals surface area contributed by atoms with E-state index in [9.17, 15) is 22.0 Å². The van der Waals surface area contributed by atoms with E-state index in [1.54, 1.807) is 19.2 Å². The largest absolute Gasteiger partial charge is 0.497 e. The van der Waals surface area contributed by atoms with Crippen molar-refractivity contribution in [2.24, 2.45) is 0 Å². The van der Waals surface area contributed by atoms with Crippen molar-refractivity contribution in [2.75, 3.05) is 24.2 Å². The molecular weight excluding hydrogens is 402 g/mol. The molecule has 2 aromatic rings. The number of rotatable bonds is 9. The minimum absolute atomic E-state index is 0.0124. The number of sulfonamides is 1. The summed E-state index contributed by atoms with van der Waals surface area (Å²) < 4.78 is 56.7. The molecule has 2 rings (SSSR count). The number of ether oxygens (including phenoxy) is 1. The Bertz CT molecular complexity index is 949. The summed E-state index contributed by atoms with van der Waals surface area (Å²) in [5, 5.41) is 2.85. The number of amides is 1. The van der Waals surface area contributed by atoms with Gasteiger partial charge in [-0.05, 0) is 43.2 Å². The van der Waals surface area contributed by atoms with E-state index in [1.807, 2.05) is 19.1 Å². The molecule has 0 aliphatic rings. The van der Waals surface area contributed by atoms with Gasteiger partial charge in [-0.1, -0.05) is 12.1 Å². The predicted octanol–water partition coefficient (Wildman–Crippen LogP) is 3.40. The predicted molar refractivity (Wildman–Crippen MR) is 107 cm³/mol. The number of nitrogens with one attached hydrogen (secondary N) is 1. The molecule has 0 aromatic heterocycles. The lowest BCUT2D eigenvalue weighted by atomic mass is 10.1. The summed E-state index contributed by atoms with van der Waals surface area (Å²) >= 11 is 0. The number of anilines is 1. The molecule has 0 aliphatic carbocycles. The van der Waals surface area contributed by atoms with Crippen molar-refractivity contribution >= 4 is 21.6 Å². The Morgan fingerprint density at radius 2 is 1.79 bits per heavy atom. The van der Waals surface area contributed by atoms with Crippen LogP contribution in [0.4, 0.5) is 14.5 Å². The van der Waals surface area contributed by atoms with E-state index in [0.717, 1.165) is 28.3 Å². The highest BCUT2D eigenvalue weighted by molar-refractivity contribution is 7.92. The highest BCUT2D eigenvalue weighted by Gasteiger charge is 2.19. The maximum atomic E-state index is 13.5. The molecule has 29 heavy (non-hydrogen) atoms. The van der Waals surface area contributed by atoms with Crippen LogP contribution in [0.3, 0.4) is 0 Å². The average Bonchev–Trinajstić information content (AvgIpc) is 2.66. The van der Waals surface area contributed by atoms with Crippen LogP contribution < -0.4 is 14.4 Å². The van der Waals surface area contributed by atoms with Gasteiger partial charge in [0.15, 0.2) is 11.6 Å². The zero-order valence-electron chi connectivity index (χ0n) is 16.5. The smallest absolute Gasteiger partial charge is 0.232 e. The van der Waals surface area contributed by atoms with E-state index in [0.29, 0.717) is 5.75 Å². The molecule has 1 atom stereocenters. The molecule has 0 saturated carbocycles. The van der Waals surface area contributed by atoms with Crippen molar-refractivity contribution in [3.05, 3.63) is 59.7 Å². The van der Waals surface area contributed by atoms with Crippen molar-refractivity contribution in [3.8, 4) is 5.75 Å². The number of hydrogen-bond acceptors (Lipinski definition) is 4. The normalized spacial score (nSPS) is 12.3. The summed E-state index contributed by atoms with van der Waals surface area (Å²) in [6.07, 6.45) is 1.27. The Morgan fingerprint density at radius 1 is 1.14 bits per heavy atom. The van der Waals surface area contributed by atoms with Gasteiger partial charge >= 0.3 is 0 Å². The molecular formula is C20H24F2N2O4S. The molecule has 0 unspecified atom stereocenters. The summed E-state index contributed by atoms with van der Waals surface area (Å²) in [6.45, 7) is 1.80. The first-order chi connectivity index (χ1) is 13.6. The summed E-state index contributed by atoms with van der Waals surface area (Å²) in [7, 11) is -2.15. The highest BCUT2D eigenvalue weighted by atomic mass is 32.2. The Balaban J connectivity index is 1.94. The van der Waals surface area contributed by atoms with Gasteiger partial charge in [0.2, 0.25) is 15.9 Å². The summed E-state index contributed by atoms with van der Waals surface area (Å²) in [5.41, 5.74) is 0.914. The van der Waals surface area contributed by atoms with Crippen LogP contribution in [0.15, 0.2) is 42.5 Å². The molecule has 0 saturated heterocycles. The third kappa shape index (κ3) is 6.42. The van der Waals surface area contributed by atoms with E-state index in [-0.39, 0.29) is 37.0 Å². The molecule has 0 spiro atoms. The molecule has 158 valence electrons. The summed E-state index contributed by atoms with van der Waals surface area (Å²) in [6, 6.07) is 9.93. The topological polar surface area (TPSA) is 75.7 Å². The van der Waals surface area contributed by atoms with Gasteiger partial charge in [0.25, 0.3) is 0 Å². The SMILES string of the molecule is COc1ccc([C@H](C)NC(=O)CCCN(c2ccc(F)c(F)c2)S(C)(=O)=O)cc1. The second-order valence-corrected chi connectivity index (χ2v) is 8.51. The van der Waals surface area contributed by atoms with E-state index in [2.05, 4.69) is 5.32 Å². The number of carbonyl (C=O) groups is 1. The van der Waals surface area contributed by atoms with Gasteiger partial charge in [0.1, 0.15) is 5.75 Å². The highest BCUT2D eigenvalue weighted by Crippen LogP contribution is 2.21. The molecule has 0 radical (unpaired) electrons. The minimum atomic E-state index is -3.72. The van der Waals surface area contributed by atoms with Crippen molar-refractivity contribution in [1.82, 2.24) is 5.32 Å². The first-order valence-corrected chi connectivity index (χ1v) is 10.8. The molecule has 0 bridgehead atoms. The van der Waals surface area contributed by atoms with E-state index >= 15 is 0 Å². The first-order valence-electron chi connectivity index (χ1n) is 8.98. The molecule has 9 heteroatoms. The molecule has 0 aliphatic heterocycles. The van der Waals surface area contributed by atoms with Crippen LogP contribution >= 0.6 is 0 Å². The molecule has 6 nitrogen and oxygen atoms in total. The van der Waals surface area contributed by atoms with E-state index in [4.69, 9.17) is 4.74 Å². The quantitative estimate of drug-likeness (QED) is 0.667. The number of carbonyl (C=O) groups excluding carboxylic acids is 1. The average molecular weight is 426 g/mol. The molecule has 0 heterocycles. The fraction of sp³-hybridized carbons (Fsp3) is 0.350. The molecule has 1 N–H and O–H groups in total. The first kappa shape index (κ1) is 22.6. The minimum Gasteiger partial charge on any atom is -0.497 e. The van der Waals surface area contributed by atoms with Gasteiger partial charge in [-0.15, -0.1) is 0 Å². The van der Waals surface area contributed by atoms with Crippen LogP contribution in [-0.4, -0.2) is 34.2 Å². The number of methoxy groups -OCH3 is 1. The number of benzene rings is 2. The third-order valence-electron chi connectivity index (χ3n) is 4.35. The van der Waals surface area contributed by atoms with E-state index in [1.165, 1.54) is 6.07 Å². The lowest BCUT2D eigenvalue weighted by molar-refractivity contribution is -0.121. The van der Waals surface area contributed by atoms with Crippen molar-refractivity contribution in [1.29, 1.82) is 0 Å².